The molecule has 0 spiro atoms. The lowest BCUT2D eigenvalue weighted by atomic mass is 10.1. The third-order valence-electron chi connectivity index (χ3n) is 2.63. The maximum Gasteiger partial charge on any atom is 0.253 e. The number of morpholine rings is 1. The molecule has 1 aliphatic heterocycles. The number of hydrogen-bond donors (Lipinski definition) is 1. The first-order valence-electron chi connectivity index (χ1n) is 5.21. The molecule has 0 bridgehead atoms. The summed E-state index contributed by atoms with van der Waals surface area (Å²) in [7, 11) is 0. The number of amides is 1. The molecular weight excluding hydrogens is 291 g/mol. The molecular formula is C11H12BrFN2O2. The predicted molar refractivity (Wildman–Crippen MR) is 65.6 cm³/mol. The molecule has 1 amide bonds. The van der Waals surface area contributed by atoms with Gasteiger partial charge in [-0.1, -0.05) is 15.9 Å². The Morgan fingerprint density at radius 2 is 2.06 bits per heavy atom. The van der Waals surface area contributed by atoms with Crippen LogP contribution in [-0.2, 0) is 4.74 Å². The molecule has 0 aliphatic carbocycles. The summed E-state index contributed by atoms with van der Waals surface area (Å²) in [4.78, 5) is 13.2. The average molecular weight is 303 g/mol. The molecule has 1 aliphatic rings. The predicted octanol–water partition coefficient (Wildman–Crippen LogP) is 1.52. The summed E-state index contributed by atoms with van der Waals surface area (Å²) in [6.45, 7) is 2.37. The number of halogens is 2. The second-order valence-corrected chi connectivity index (χ2v) is 4.66. The standard InChI is InChI=1S/C11H12BrFN2O2/c12-7-5-8(13)10(11(14)16)9(6-7)15-1-3-17-4-2-15/h5-6H,1-4H2,(H2,14,16). The molecule has 1 fully saturated rings. The Bertz CT molecular complexity index is 447. The largest absolute Gasteiger partial charge is 0.378 e. The lowest BCUT2D eigenvalue weighted by Crippen LogP contribution is -2.37. The van der Waals surface area contributed by atoms with Gasteiger partial charge in [-0.15, -0.1) is 0 Å². The zero-order valence-electron chi connectivity index (χ0n) is 9.08. The van der Waals surface area contributed by atoms with Gasteiger partial charge < -0.3 is 15.4 Å². The van der Waals surface area contributed by atoms with Crippen molar-refractivity contribution in [2.24, 2.45) is 5.73 Å². The van der Waals surface area contributed by atoms with E-state index in [0.29, 0.717) is 36.5 Å². The number of hydrogen-bond acceptors (Lipinski definition) is 3. The van der Waals surface area contributed by atoms with Gasteiger partial charge in [-0.25, -0.2) is 4.39 Å². The van der Waals surface area contributed by atoms with Crippen LogP contribution in [0.5, 0.6) is 0 Å². The van der Waals surface area contributed by atoms with Crippen molar-refractivity contribution in [2.45, 2.75) is 0 Å². The van der Waals surface area contributed by atoms with E-state index in [4.69, 9.17) is 10.5 Å². The van der Waals surface area contributed by atoms with Crippen LogP contribution in [0.3, 0.4) is 0 Å². The molecule has 6 heteroatoms. The van der Waals surface area contributed by atoms with Crippen LogP contribution in [0.4, 0.5) is 10.1 Å². The van der Waals surface area contributed by atoms with Gasteiger partial charge in [0.15, 0.2) is 0 Å². The minimum absolute atomic E-state index is 0.0601. The Morgan fingerprint density at radius 3 is 2.65 bits per heavy atom. The quantitative estimate of drug-likeness (QED) is 0.901. The number of nitrogens with two attached hydrogens (primary N) is 1. The number of nitrogens with zero attached hydrogens (tertiary/aromatic N) is 1. The van der Waals surface area contributed by atoms with Gasteiger partial charge in [-0.3, -0.25) is 4.79 Å². The summed E-state index contributed by atoms with van der Waals surface area (Å²) in [6, 6.07) is 2.94. The van der Waals surface area contributed by atoms with Crippen molar-refractivity contribution in [2.75, 3.05) is 31.2 Å². The van der Waals surface area contributed by atoms with Crippen molar-refractivity contribution in [1.82, 2.24) is 0 Å². The number of carbonyl (C=O) groups is 1. The first-order valence-corrected chi connectivity index (χ1v) is 6.00. The molecule has 4 nitrogen and oxygen atoms in total. The van der Waals surface area contributed by atoms with Crippen LogP contribution < -0.4 is 10.6 Å². The lowest BCUT2D eigenvalue weighted by Gasteiger charge is -2.30. The maximum atomic E-state index is 13.7. The normalized spacial score (nSPS) is 16.0. The van der Waals surface area contributed by atoms with Crippen molar-refractivity contribution in [3.63, 3.8) is 0 Å². The SMILES string of the molecule is NC(=O)c1c(F)cc(Br)cc1N1CCOCC1. The number of carbonyl (C=O) groups excluding carboxylic acids is 1. The van der Waals surface area contributed by atoms with Crippen LogP contribution in [0.2, 0.25) is 0 Å². The van der Waals surface area contributed by atoms with Crippen molar-refractivity contribution in [3.05, 3.63) is 28.0 Å². The second kappa shape index (κ2) is 5.01. The van der Waals surface area contributed by atoms with E-state index in [9.17, 15) is 9.18 Å². The number of anilines is 1. The fourth-order valence-electron chi connectivity index (χ4n) is 1.86. The highest BCUT2D eigenvalue weighted by Crippen LogP contribution is 2.28. The molecule has 0 atom stereocenters. The molecule has 0 unspecified atom stereocenters. The Labute approximate surface area is 107 Å². The Hall–Kier alpha value is -1.14. The highest BCUT2D eigenvalue weighted by atomic mass is 79.9. The molecule has 1 aromatic rings. The van der Waals surface area contributed by atoms with Gasteiger partial charge in [0.25, 0.3) is 5.91 Å². The third kappa shape index (κ3) is 2.58. The molecule has 2 rings (SSSR count). The number of benzene rings is 1. The molecule has 0 aromatic heterocycles. The lowest BCUT2D eigenvalue weighted by molar-refractivity contribution is 0.0994. The topological polar surface area (TPSA) is 55.6 Å². The Kier molecular flexibility index (Phi) is 3.63. The van der Waals surface area contributed by atoms with Gasteiger partial charge >= 0.3 is 0 Å². The van der Waals surface area contributed by atoms with E-state index >= 15 is 0 Å². The summed E-state index contributed by atoms with van der Waals surface area (Å²) in [5, 5.41) is 0. The first kappa shape index (κ1) is 12.3. The average Bonchev–Trinajstić information content (AvgIpc) is 2.28. The van der Waals surface area contributed by atoms with Gasteiger partial charge in [0.2, 0.25) is 0 Å². The van der Waals surface area contributed by atoms with Crippen molar-refractivity contribution in [3.8, 4) is 0 Å². The summed E-state index contributed by atoms with van der Waals surface area (Å²) in [6.07, 6.45) is 0. The van der Waals surface area contributed by atoms with Crippen LogP contribution in [0, 0.1) is 5.82 Å². The van der Waals surface area contributed by atoms with E-state index in [0.717, 1.165) is 0 Å². The molecule has 1 heterocycles. The summed E-state index contributed by atoms with van der Waals surface area (Å²) < 4.78 is 19.5. The van der Waals surface area contributed by atoms with Crippen LogP contribution in [0.15, 0.2) is 16.6 Å². The fourth-order valence-corrected chi connectivity index (χ4v) is 2.28. The van der Waals surface area contributed by atoms with Crippen LogP contribution in [0.1, 0.15) is 10.4 Å². The Morgan fingerprint density at radius 1 is 1.41 bits per heavy atom. The van der Waals surface area contributed by atoms with Crippen molar-refractivity contribution in [1.29, 1.82) is 0 Å². The molecule has 1 aromatic carbocycles. The second-order valence-electron chi connectivity index (χ2n) is 3.75. The molecule has 17 heavy (non-hydrogen) atoms. The highest BCUT2D eigenvalue weighted by molar-refractivity contribution is 9.10. The zero-order valence-corrected chi connectivity index (χ0v) is 10.7. The van der Waals surface area contributed by atoms with Crippen molar-refractivity contribution < 1.29 is 13.9 Å². The minimum Gasteiger partial charge on any atom is -0.378 e. The molecule has 92 valence electrons. The summed E-state index contributed by atoms with van der Waals surface area (Å²) in [5.74, 6) is -1.36. The first-order chi connectivity index (χ1) is 8.09. The van der Waals surface area contributed by atoms with Gasteiger partial charge in [0, 0.05) is 17.6 Å². The molecule has 0 radical (unpaired) electrons. The third-order valence-corrected chi connectivity index (χ3v) is 3.09. The maximum absolute atomic E-state index is 13.7. The zero-order chi connectivity index (χ0) is 12.4. The monoisotopic (exact) mass is 302 g/mol. The van der Waals surface area contributed by atoms with Crippen molar-refractivity contribution >= 4 is 27.5 Å². The van der Waals surface area contributed by atoms with Gasteiger partial charge in [-0.2, -0.15) is 0 Å². The van der Waals surface area contributed by atoms with Crippen LogP contribution in [0.25, 0.3) is 0 Å². The number of primary amides is 1. The number of ether oxygens (including phenoxy) is 1. The van der Waals surface area contributed by atoms with Gasteiger partial charge in [-0.05, 0) is 12.1 Å². The number of rotatable bonds is 2. The molecule has 2 N–H and O–H groups in total. The minimum atomic E-state index is -0.753. The summed E-state index contributed by atoms with van der Waals surface area (Å²) >= 11 is 3.21. The van der Waals surface area contributed by atoms with E-state index in [1.807, 2.05) is 4.90 Å². The highest BCUT2D eigenvalue weighted by Gasteiger charge is 2.21. The van der Waals surface area contributed by atoms with Crippen LogP contribution >= 0.6 is 15.9 Å². The Balaban J connectivity index is 2.46. The smallest absolute Gasteiger partial charge is 0.253 e. The molecule has 1 saturated heterocycles. The van der Waals surface area contributed by atoms with E-state index in [-0.39, 0.29) is 5.56 Å². The fraction of sp³-hybridized carbons (Fsp3) is 0.364. The summed E-state index contributed by atoms with van der Waals surface area (Å²) in [5.41, 5.74) is 5.68. The van der Waals surface area contributed by atoms with E-state index in [1.54, 1.807) is 6.07 Å². The van der Waals surface area contributed by atoms with E-state index in [1.165, 1.54) is 6.07 Å². The van der Waals surface area contributed by atoms with E-state index in [2.05, 4.69) is 15.9 Å². The van der Waals surface area contributed by atoms with Gasteiger partial charge in [0.1, 0.15) is 5.82 Å². The van der Waals surface area contributed by atoms with Gasteiger partial charge in [0.05, 0.1) is 24.5 Å². The van der Waals surface area contributed by atoms with E-state index < -0.39 is 11.7 Å². The van der Waals surface area contributed by atoms with Crippen LogP contribution in [-0.4, -0.2) is 32.2 Å². The molecule has 0 saturated carbocycles.